The Morgan fingerprint density at radius 2 is 2.02 bits per heavy atom. The Hall–Kier alpha value is -4.18. The molecule has 0 radical (unpaired) electrons. The quantitative estimate of drug-likeness (QED) is 0.321. The van der Waals surface area contributed by atoms with E-state index in [1.165, 1.54) is 23.5 Å². The molecule has 40 heavy (non-hydrogen) atoms. The number of thioether (sulfide) groups is 1. The van der Waals surface area contributed by atoms with Crippen LogP contribution in [0.2, 0.25) is 5.02 Å². The van der Waals surface area contributed by atoms with Crippen LogP contribution in [-0.4, -0.2) is 38.7 Å². The molecular weight excluding hydrogens is 572 g/mol. The number of aromatic nitrogens is 2. The van der Waals surface area contributed by atoms with Crippen molar-refractivity contribution >= 4 is 63.2 Å². The van der Waals surface area contributed by atoms with Gasteiger partial charge < -0.3 is 16.2 Å². The van der Waals surface area contributed by atoms with E-state index in [2.05, 4.69) is 21.6 Å². The first-order valence-electron chi connectivity index (χ1n) is 12.1. The van der Waals surface area contributed by atoms with Crippen molar-refractivity contribution in [1.82, 2.24) is 10.2 Å². The van der Waals surface area contributed by atoms with Gasteiger partial charge in [-0.3, -0.25) is 14.5 Å². The van der Waals surface area contributed by atoms with Gasteiger partial charge in [0.15, 0.2) is 10.1 Å². The highest BCUT2D eigenvalue weighted by atomic mass is 35.5. The zero-order valence-electron chi connectivity index (χ0n) is 20.8. The first kappa shape index (κ1) is 27.4. The fraction of sp³-hybridized carbons (Fsp3) is 0.185. The van der Waals surface area contributed by atoms with Crippen molar-refractivity contribution < 1.29 is 19.5 Å². The number of rotatable bonds is 7. The smallest absolute Gasteiger partial charge is 0.335 e. The summed E-state index contributed by atoms with van der Waals surface area (Å²) < 4.78 is 0.483. The molecule has 1 atom stereocenters. The Bertz CT molecular complexity index is 1640. The minimum atomic E-state index is -1.09. The number of ketones is 1. The molecule has 4 N–H and O–H groups in total. The molecule has 0 spiro atoms. The molecule has 1 aliphatic carbocycles. The average molecular weight is 593 g/mol. The number of hydrogen-bond donors (Lipinski definition) is 3. The summed E-state index contributed by atoms with van der Waals surface area (Å²) in [4.78, 5) is 38.5. The number of nitrogens with two attached hydrogens (primary N) is 1. The molecule has 13 heteroatoms. The number of aromatic carboxylic acids is 1. The van der Waals surface area contributed by atoms with E-state index in [0.717, 1.165) is 11.8 Å². The lowest BCUT2D eigenvalue weighted by Gasteiger charge is -2.38. The molecule has 5 rings (SSSR count). The number of amides is 1. The molecule has 2 aromatic carbocycles. The number of carbonyl (C=O) groups excluding carboxylic acids is 2. The summed E-state index contributed by atoms with van der Waals surface area (Å²) in [6.07, 6.45) is 1.57. The van der Waals surface area contributed by atoms with E-state index in [9.17, 15) is 19.6 Å². The van der Waals surface area contributed by atoms with E-state index < -0.39 is 11.9 Å². The van der Waals surface area contributed by atoms with Crippen LogP contribution < -0.4 is 16.0 Å². The monoisotopic (exact) mass is 592 g/mol. The topological polar surface area (TPSA) is 162 Å². The highest BCUT2D eigenvalue weighted by Gasteiger charge is 2.41. The van der Waals surface area contributed by atoms with Gasteiger partial charge in [-0.1, -0.05) is 52.9 Å². The number of Topliss-reactive ketones (excluding diaryl/α,β-unsaturated/α-hetero) is 1. The van der Waals surface area contributed by atoms with Gasteiger partial charge in [0.05, 0.1) is 28.9 Å². The summed E-state index contributed by atoms with van der Waals surface area (Å²) in [6, 6.07) is 15.2. The Morgan fingerprint density at radius 3 is 2.77 bits per heavy atom. The lowest BCUT2D eigenvalue weighted by molar-refractivity contribution is -0.116. The van der Waals surface area contributed by atoms with E-state index in [4.69, 9.17) is 22.4 Å². The van der Waals surface area contributed by atoms with Crippen molar-refractivity contribution in [1.29, 1.82) is 5.26 Å². The molecule has 0 saturated carbocycles. The number of carbonyl (C=O) groups is 3. The van der Waals surface area contributed by atoms with Crippen molar-refractivity contribution in [3.05, 3.63) is 87.3 Å². The van der Waals surface area contributed by atoms with Gasteiger partial charge in [0, 0.05) is 28.4 Å². The summed E-state index contributed by atoms with van der Waals surface area (Å²) in [7, 11) is 0. The number of hydrogen-bond acceptors (Lipinski definition) is 10. The van der Waals surface area contributed by atoms with Crippen LogP contribution >= 0.6 is 34.7 Å². The number of nitriles is 1. The second kappa shape index (κ2) is 11.5. The molecule has 1 aliphatic heterocycles. The summed E-state index contributed by atoms with van der Waals surface area (Å²) in [6.45, 7) is 0. The van der Waals surface area contributed by atoms with Crippen molar-refractivity contribution in [3.63, 3.8) is 0 Å². The second-order valence-electron chi connectivity index (χ2n) is 8.94. The molecule has 0 saturated heterocycles. The van der Waals surface area contributed by atoms with Crippen LogP contribution in [0.25, 0.3) is 0 Å². The fourth-order valence-corrected chi connectivity index (χ4v) is 6.61. The Morgan fingerprint density at radius 1 is 1.23 bits per heavy atom. The number of nitrogens with one attached hydrogen (secondary N) is 1. The van der Waals surface area contributed by atoms with Crippen LogP contribution in [0.4, 0.5) is 10.8 Å². The number of carboxylic acid groups (broad SMARTS) is 1. The maximum absolute atomic E-state index is 13.2. The van der Waals surface area contributed by atoms with Gasteiger partial charge in [-0.2, -0.15) is 5.26 Å². The zero-order chi connectivity index (χ0) is 28.4. The third-order valence-electron chi connectivity index (χ3n) is 6.40. The molecule has 10 nitrogen and oxygen atoms in total. The highest BCUT2D eigenvalue weighted by molar-refractivity contribution is 8.01. The maximum Gasteiger partial charge on any atom is 0.335 e. The van der Waals surface area contributed by atoms with E-state index in [1.54, 1.807) is 35.2 Å². The second-order valence-corrected chi connectivity index (χ2v) is 11.6. The van der Waals surface area contributed by atoms with Crippen LogP contribution in [0.15, 0.2) is 75.5 Å². The minimum Gasteiger partial charge on any atom is -0.478 e. The van der Waals surface area contributed by atoms with E-state index in [1.807, 2.05) is 6.07 Å². The van der Waals surface area contributed by atoms with E-state index in [-0.39, 0.29) is 34.4 Å². The Balaban J connectivity index is 1.39. The van der Waals surface area contributed by atoms with E-state index in [0.29, 0.717) is 56.3 Å². The maximum atomic E-state index is 13.2. The van der Waals surface area contributed by atoms with Crippen LogP contribution in [0.5, 0.6) is 0 Å². The Labute approximate surface area is 242 Å². The molecule has 0 fully saturated rings. The normalized spacial score (nSPS) is 16.9. The third kappa shape index (κ3) is 5.44. The van der Waals surface area contributed by atoms with Crippen molar-refractivity contribution in [2.75, 3.05) is 16.0 Å². The summed E-state index contributed by atoms with van der Waals surface area (Å²) >= 11 is 8.57. The molecule has 1 unspecified atom stereocenters. The van der Waals surface area contributed by atoms with Crippen molar-refractivity contribution in [3.8, 4) is 6.07 Å². The molecule has 3 aromatic rings. The molecule has 1 amide bonds. The molecule has 202 valence electrons. The van der Waals surface area contributed by atoms with E-state index >= 15 is 0 Å². The lowest BCUT2D eigenvalue weighted by atomic mass is 9.76. The fourth-order valence-electron chi connectivity index (χ4n) is 4.73. The Kier molecular flexibility index (Phi) is 7.88. The van der Waals surface area contributed by atoms with Gasteiger partial charge in [-0.15, -0.1) is 10.2 Å². The van der Waals surface area contributed by atoms with Crippen molar-refractivity contribution in [2.45, 2.75) is 29.5 Å². The average Bonchev–Trinajstić information content (AvgIpc) is 3.40. The van der Waals surface area contributed by atoms with Crippen LogP contribution in [0, 0.1) is 11.3 Å². The largest absolute Gasteiger partial charge is 0.478 e. The molecule has 2 heterocycles. The van der Waals surface area contributed by atoms with Gasteiger partial charge in [0.25, 0.3) is 0 Å². The van der Waals surface area contributed by atoms with Crippen molar-refractivity contribution in [2.24, 2.45) is 5.73 Å². The third-order valence-corrected chi connectivity index (χ3v) is 8.68. The predicted octanol–water partition coefficient (Wildman–Crippen LogP) is 4.93. The standard InChI is InChI=1S/C27H21ClN6O4S2/c28-16-6-1-4-14(10-16)22-18(12-29)24(30)34(19-8-3-9-20(35)23(19)22)26-32-33-27(40-26)39-13-21(36)31-17-7-2-5-15(11-17)25(37)38/h1-2,4-7,10-11,22H,3,8-9,13,30H2,(H,31,36)(H,37,38). The SMILES string of the molecule is N#CC1=C(N)N(c2nnc(SCC(=O)Nc3cccc(C(=O)O)c3)s2)C2=C(C(=O)CCC2)C1c1cccc(Cl)c1. The number of benzene rings is 2. The van der Waals surface area contributed by atoms with Gasteiger partial charge in [-0.25, -0.2) is 4.79 Å². The number of halogens is 1. The number of carboxylic acids is 1. The first-order valence-corrected chi connectivity index (χ1v) is 14.3. The molecular formula is C27H21ClN6O4S2. The van der Waals surface area contributed by atoms with Gasteiger partial charge in [0.2, 0.25) is 11.0 Å². The van der Waals surface area contributed by atoms with Gasteiger partial charge >= 0.3 is 5.97 Å². The minimum absolute atomic E-state index is 0.00394. The molecule has 1 aromatic heterocycles. The summed E-state index contributed by atoms with van der Waals surface area (Å²) in [5.41, 5.74) is 9.13. The van der Waals surface area contributed by atoms with Crippen LogP contribution in [0.3, 0.4) is 0 Å². The zero-order valence-corrected chi connectivity index (χ0v) is 23.1. The predicted molar refractivity (Wildman–Crippen MR) is 152 cm³/mol. The summed E-state index contributed by atoms with van der Waals surface area (Å²) in [5.74, 6) is -1.95. The van der Waals surface area contributed by atoms with Crippen LogP contribution in [-0.2, 0) is 9.59 Å². The van der Waals surface area contributed by atoms with Crippen LogP contribution in [0.1, 0.15) is 41.1 Å². The summed E-state index contributed by atoms with van der Waals surface area (Å²) in [5, 5.41) is 31.3. The number of anilines is 2. The van der Waals surface area contributed by atoms with Gasteiger partial charge in [-0.05, 0) is 48.7 Å². The lowest BCUT2D eigenvalue weighted by Crippen LogP contribution is -2.38. The first-order chi connectivity index (χ1) is 19.3. The molecule has 0 bridgehead atoms. The molecule has 2 aliphatic rings. The van der Waals surface area contributed by atoms with Gasteiger partial charge in [0.1, 0.15) is 5.82 Å². The number of allylic oxidation sites excluding steroid dienone is 3. The number of nitrogens with zero attached hydrogens (tertiary/aromatic N) is 4. The highest BCUT2D eigenvalue weighted by Crippen LogP contribution is 2.47.